The van der Waals surface area contributed by atoms with Crippen molar-refractivity contribution in [3.8, 4) is 11.5 Å². The van der Waals surface area contributed by atoms with Crippen LogP contribution in [0, 0.1) is 0 Å². The van der Waals surface area contributed by atoms with E-state index in [4.69, 9.17) is 9.47 Å². The second kappa shape index (κ2) is 7.01. The van der Waals surface area contributed by atoms with Crippen LogP contribution in [0.25, 0.3) is 6.08 Å². The minimum Gasteiger partial charge on any atom is -0.494 e. The zero-order valence-electron chi connectivity index (χ0n) is 13.0. The molecule has 0 aromatic heterocycles. The maximum Gasteiger partial charge on any atom is 0.250 e. The zero-order chi connectivity index (χ0) is 16.1. The molecule has 2 aromatic rings. The Morgan fingerprint density at radius 2 is 1.96 bits per heavy atom. The molecule has 4 nitrogen and oxygen atoms in total. The van der Waals surface area contributed by atoms with Gasteiger partial charge in [-0.2, -0.15) is 0 Å². The predicted octanol–water partition coefficient (Wildman–Crippen LogP) is 3.18. The van der Waals surface area contributed by atoms with Crippen molar-refractivity contribution in [2.45, 2.75) is 13.5 Å². The van der Waals surface area contributed by atoms with Crippen LogP contribution in [-0.2, 0) is 11.3 Å². The average molecular weight is 309 g/mol. The minimum absolute atomic E-state index is 0.120. The van der Waals surface area contributed by atoms with E-state index < -0.39 is 0 Å². The fourth-order valence-corrected chi connectivity index (χ4v) is 2.48. The number of ether oxygens (including phenoxy) is 2. The lowest BCUT2D eigenvalue weighted by Crippen LogP contribution is -2.28. The van der Waals surface area contributed by atoms with Gasteiger partial charge < -0.3 is 14.8 Å². The average Bonchev–Trinajstić information content (AvgIpc) is 2.60. The van der Waals surface area contributed by atoms with E-state index in [0.717, 1.165) is 22.6 Å². The molecule has 1 amide bonds. The minimum atomic E-state index is -0.120. The van der Waals surface area contributed by atoms with Gasteiger partial charge in [0.05, 0.1) is 12.2 Å². The SMILES string of the molecule is CCOc1ccccc1CNC(=O)C1=Cc2ccccc2OC1. The number of benzene rings is 2. The van der Waals surface area contributed by atoms with Gasteiger partial charge in [0.2, 0.25) is 0 Å². The molecule has 1 aliphatic heterocycles. The summed E-state index contributed by atoms with van der Waals surface area (Å²) in [5, 5.41) is 2.93. The highest BCUT2D eigenvalue weighted by Gasteiger charge is 2.17. The summed E-state index contributed by atoms with van der Waals surface area (Å²) in [4.78, 5) is 12.4. The van der Waals surface area contributed by atoms with Gasteiger partial charge in [0.1, 0.15) is 18.1 Å². The Kier molecular flexibility index (Phi) is 4.62. The van der Waals surface area contributed by atoms with Crippen molar-refractivity contribution in [3.63, 3.8) is 0 Å². The number of nitrogens with one attached hydrogen (secondary N) is 1. The summed E-state index contributed by atoms with van der Waals surface area (Å²) in [7, 11) is 0. The van der Waals surface area contributed by atoms with E-state index in [1.807, 2.05) is 61.5 Å². The van der Waals surface area contributed by atoms with Gasteiger partial charge in [0.25, 0.3) is 5.91 Å². The number of rotatable bonds is 5. The number of para-hydroxylation sites is 2. The highest BCUT2D eigenvalue weighted by Crippen LogP contribution is 2.25. The third-order valence-corrected chi connectivity index (χ3v) is 3.64. The van der Waals surface area contributed by atoms with Gasteiger partial charge >= 0.3 is 0 Å². The largest absolute Gasteiger partial charge is 0.494 e. The zero-order valence-corrected chi connectivity index (χ0v) is 13.0. The van der Waals surface area contributed by atoms with Crippen LogP contribution in [-0.4, -0.2) is 19.1 Å². The molecule has 1 aliphatic rings. The molecule has 0 fully saturated rings. The molecular formula is C19H19NO3. The Hall–Kier alpha value is -2.75. The number of fused-ring (bicyclic) bond motifs is 1. The molecule has 1 N–H and O–H groups in total. The Balaban J connectivity index is 1.68. The lowest BCUT2D eigenvalue weighted by molar-refractivity contribution is -0.117. The van der Waals surface area contributed by atoms with Gasteiger partial charge in [-0.25, -0.2) is 0 Å². The molecule has 0 saturated carbocycles. The van der Waals surface area contributed by atoms with Crippen LogP contribution < -0.4 is 14.8 Å². The predicted molar refractivity (Wildman–Crippen MR) is 89.4 cm³/mol. The Morgan fingerprint density at radius 1 is 1.17 bits per heavy atom. The van der Waals surface area contributed by atoms with Crippen LogP contribution in [0.5, 0.6) is 11.5 Å². The van der Waals surface area contributed by atoms with Gasteiger partial charge in [0.15, 0.2) is 0 Å². The fourth-order valence-electron chi connectivity index (χ4n) is 2.48. The summed E-state index contributed by atoms with van der Waals surface area (Å²) >= 11 is 0. The van der Waals surface area contributed by atoms with Gasteiger partial charge in [0, 0.05) is 17.7 Å². The third-order valence-electron chi connectivity index (χ3n) is 3.64. The summed E-state index contributed by atoms with van der Waals surface area (Å²) in [5.74, 6) is 1.49. The number of hydrogen-bond acceptors (Lipinski definition) is 3. The summed E-state index contributed by atoms with van der Waals surface area (Å²) in [6, 6.07) is 15.4. The lowest BCUT2D eigenvalue weighted by atomic mass is 10.1. The summed E-state index contributed by atoms with van der Waals surface area (Å²) in [6.07, 6.45) is 1.88. The summed E-state index contributed by atoms with van der Waals surface area (Å²) in [5.41, 5.74) is 2.51. The van der Waals surface area contributed by atoms with Gasteiger partial charge in [-0.1, -0.05) is 36.4 Å². The molecule has 0 atom stereocenters. The topological polar surface area (TPSA) is 47.6 Å². The molecule has 1 heterocycles. The molecule has 0 radical (unpaired) electrons. The highest BCUT2D eigenvalue weighted by atomic mass is 16.5. The summed E-state index contributed by atoms with van der Waals surface area (Å²) in [6.45, 7) is 3.25. The number of amides is 1. The van der Waals surface area contributed by atoms with Crippen LogP contribution in [0.3, 0.4) is 0 Å². The Morgan fingerprint density at radius 3 is 2.83 bits per heavy atom. The maximum absolute atomic E-state index is 12.4. The van der Waals surface area contributed by atoms with Gasteiger partial charge in [-0.15, -0.1) is 0 Å². The number of hydrogen-bond donors (Lipinski definition) is 1. The normalized spacial score (nSPS) is 12.7. The molecule has 3 rings (SSSR count). The Labute approximate surface area is 135 Å². The molecule has 23 heavy (non-hydrogen) atoms. The second-order valence-corrected chi connectivity index (χ2v) is 5.22. The lowest BCUT2D eigenvalue weighted by Gasteiger charge is -2.18. The number of carbonyl (C=O) groups is 1. The van der Waals surface area contributed by atoms with Crippen molar-refractivity contribution < 1.29 is 14.3 Å². The van der Waals surface area contributed by atoms with Crippen LogP contribution in [0.15, 0.2) is 54.1 Å². The first kappa shape index (κ1) is 15.2. The van der Waals surface area contributed by atoms with Crippen molar-refractivity contribution in [1.82, 2.24) is 5.32 Å². The van der Waals surface area contributed by atoms with E-state index >= 15 is 0 Å². The molecule has 4 heteroatoms. The van der Waals surface area contributed by atoms with Crippen molar-refractivity contribution in [2.24, 2.45) is 0 Å². The van der Waals surface area contributed by atoms with Crippen LogP contribution in [0.1, 0.15) is 18.1 Å². The molecule has 0 bridgehead atoms. The van der Waals surface area contributed by atoms with Gasteiger partial charge in [-0.3, -0.25) is 4.79 Å². The van der Waals surface area contributed by atoms with E-state index in [9.17, 15) is 4.79 Å². The Bertz CT molecular complexity index is 737. The molecule has 0 unspecified atom stereocenters. The first-order valence-electron chi connectivity index (χ1n) is 7.69. The number of carbonyl (C=O) groups excluding carboxylic acids is 1. The third kappa shape index (κ3) is 3.54. The molecule has 0 saturated heterocycles. The summed E-state index contributed by atoms with van der Waals surface area (Å²) < 4.78 is 11.2. The maximum atomic E-state index is 12.4. The van der Waals surface area contributed by atoms with E-state index in [1.54, 1.807) is 0 Å². The van der Waals surface area contributed by atoms with Crippen molar-refractivity contribution in [3.05, 3.63) is 65.2 Å². The van der Waals surface area contributed by atoms with Crippen LogP contribution in [0.4, 0.5) is 0 Å². The quantitative estimate of drug-likeness (QED) is 0.923. The molecule has 0 spiro atoms. The monoisotopic (exact) mass is 309 g/mol. The standard InChI is InChI=1S/C19H19NO3/c1-2-22-18-10-6-4-8-15(18)12-20-19(21)16-11-14-7-3-5-9-17(14)23-13-16/h3-11H,2,12-13H2,1H3,(H,20,21). The van der Waals surface area contributed by atoms with Crippen LogP contribution in [0.2, 0.25) is 0 Å². The smallest absolute Gasteiger partial charge is 0.250 e. The van der Waals surface area contributed by atoms with Gasteiger partial charge in [-0.05, 0) is 25.1 Å². The molecule has 0 aliphatic carbocycles. The van der Waals surface area contributed by atoms with E-state index in [-0.39, 0.29) is 12.5 Å². The molecule has 2 aromatic carbocycles. The highest BCUT2D eigenvalue weighted by molar-refractivity contribution is 5.99. The van der Waals surface area contributed by atoms with E-state index in [1.165, 1.54) is 0 Å². The van der Waals surface area contributed by atoms with E-state index in [2.05, 4.69) is 5.32 Å². The first-order valence-corrected chi connectivity index (χ1v) is 7.69. The second-order valence-electron chi connectivity index (χ2n) is 5.22. The molecule has 118 valence electrons. The molecular weight excluding hydrogens is 290 g/mol. The van der Waals surface area contributed by atoms with E-state index in [0.29, 0.717) is 18.7 Å². The first-order chi connectivity index (χ1) is 11.3. The van der Waals surface area contributed by atoms with Crippen molar-refractivity contribution >= 4 is 12.0 Å². The van der Waals surface area contributed by atoms with Crippen molar-refractivity contribution in [2.75, 3.05) is 13.2 Å². The van der Waals surface area contributed by atoms with Crippen LogP contribution >= 0.6 is 0 Å². The van der Waals surface area contributed by atoms with Crippen molar-refractivity contribution in [1.29, 1.82) is 0 Å². The fraction of sp³-hybridized carbons (Fsp3) is 0.211.